The topological polar surface area (TPSA) is 68.7 Å². The number of rotatable bonds is 5. The summed E-state index contributed by atoms with van der Waals surface area (Å²) in [5.74, 6) is 0.850. The van der Waals surface area contributed by atoms with Crippen LogP contribution in [0.15, 0.2) is 18.2 Å². The Labute approximate surface area is 136 Å². The summed E-state index contributed by atoms with van der Waals surface area (Å²) in [4.78, 5) is 13.1. The lowest BCUT2D eigenvalue weighted by molar-refractivity contribution is 0.272. The Hall–Kier alpha value is -0.853. The standard InChI is InChI=1S/C14H20NO4PSSi/c1-14(2,3)22(4,5)19-10-6-7-11-12(8-10)21-13(15-11)9-18-20(16)17/h6-8H,9H2,1-5H3/p+1. The molecule has 0 saturated carbocycles. The van der Waals surface area contributed by atoms with E-state index in [-0.39, 0.29) is 11.6 Å². The van der Waals surface area contributed by atoms with Gasteiger partial charge >= 0.3 is 8.25 Å². The minimum Gasteiger partial charge on any atom is -0.543 e. The van der Waals surface area contributed by atoms with E-state index in [9.17, 15) is 4.57 Å². The van der Waals surface area contributed by atoms with Gasteiger partial charge in [0.05, 0.1) is 10.2 Å². The SMILES string of the molecule is CC(C)(C)[Si](C)(C)Oc1ccc2nc(CO[P+](=O)O)sc2c1. The predicted molar refractivity (Wildman–Crippen MR) is 92.1 cm³/mol. The molecular formula is C14H21NO4PSSi+. The van der Waals surface area contributed by atoms with Crippen LogP contribution >= 0.6 is 19.6 Å². The minimum atomic E-state index is -2.59. The number of nitrogens with zero attached hydrogens (tertiary/aromatic N) is 1. The summed E-state index contributed by atoms with van der Waals surface area (Å²) in [6, 6.07) is 5.83. The molecule has 2 rings (SSSR count). The quantitative estimate of drug-likeness (QED) is 0.611. The van der Waals surface area contributed by atoms with Crippen molar-refractivity contribution in [3.8, 4) is 5.75 Å². The molecular weight excluding hydrogens is 337 g/mol. The lowest BCUT2D eigenvalue weighted by Gasteiger charge is -2.36. The summed E-state index contributed by atoms with van der Waals surface area (Å²) in [6.45, 7) is 11.1. The van der Waals surface area contributed by atoms with Crippen LogP contribution in [0.3, 0.4) is 0 Å². The van der Waals surface area contributed by atoms with Gasteiger partial charge < -0.3 is 4.43 Å². The zero-order valence-electron chi connectivity index (χ0n) is 13.4. The number of thiazole rings is 1. The fraction of sp³-hybridized carbons (Fsp3) is 0.500. The normalized spacial score (nSPS) is 13.5. The zero-order chi connectivity index (χ0) is 16.5. The molecule has 1 aromatic carbocycles. The molecule has 0 aliphatic carbocycles. The highest BCUT2D eigenvalue weighted by Crippen LogP contribution is 2.38. The summed E-state index contributed by atoms with van der Waals surface area (Å²) in [6.07, 6.45) is 0. The maximum absolute atomic E-state index is 10.6. The summed E-state index contributed by atoms with van der Waals surface area (Å²) >= 11 is 1.45. The van der Waals surface area contributed by atoms with Crippen molar-refractivity contribution in [2.75, 3.05) is 0 Å². The highest BCUT2D eigenvalue weighted by Gasteiger charge is 2.39. The number of aromatic nitrogens is 1. The molecule has 0 spiro atoms. The van der Waals surface area contributed by atoms with Crippen LogP contribution in [0.25, 0.3) is 10.2 Å². The van der Waals surface area contributed by atoms with Gasteiger partial charge in [-0.05, 0) is 36.3 Å². The van der Waals surface area contributed by atoms with E-state index >= 15 is 0 Å². The van der Waals surface area contributed by atoms with Gasteiger partial charge in [-0.2, -0.15) is 0 Å². The van der Waals surface area contributed by atoms with Crippen molar-refractivity contribution in [1.82, 2.24) is 4.98 Å². The Kier molecular flexibility index (Phi) is 5.04. The van der Waals surface area contributed by atoms with E-state index in [4.69, 9.17) is 13.8 Å². The average molecular weight is 358 g/mol. The molecule has 1 atom stereocenters. The Morgan fingerprint density at radius 1 is 1.36 bits per heavy atom. The summed E-state index contributed by atoms with van der Waals surface area (Å²) in [5, 5.41) is 0.818. The lowest BCUT2D eigenvalue weighted by Crippen LogP contribution is -2.43. The van der Waals surface area contributed by atoms with E-state index in [1.165, 1.54) is 11.3 Å². The number of fused-ring (bicyclic) bond motifs is 1. The third-order valence-corrected chi connectivity index (χ3v) is 9.58. The molecule has 0 fully saturated rings. The van der Waals surface area contributed by atoms with Crippen molar-refractivity contribution < 1.29 is 18.4 Å². The van der Waals surface area contributed by atoms with Crippen molar-refractivity contribution in [2.24, 2.45) is 0 Å². The highest BCUT2D eigenvalue weighted by atomic mass is 32.1. The first-order valence-corrected chi connectivity index (χ1v) is 11.8. The van der Waals surface area contributed by atoms with Crippen molar-refractivity contribution in [3.05, 3.63) is 23.2 Å². The molecule has 0 bridgehead atoms. The van der Waals surface area contributed by atoms with E-state index in [1.54, 1.807) is 0 Å². The Bertz CT molecular complexity index is 696. The molecule has 5 nitrogen and oxygen atoms in total. The first kappa shape index (κ1) is 17.5. The Morgan fingerprint density at radius 2 is 2.05 bits per heavy atom. The highest BCUT2D eigenvalue weighted by molar-refractivity contribution is 7.32. The minimum absolute atomic E-state index is 0.0451. The van der Waals surface area contributed by atoms with Crippen molar-refractivity contribution in [2.45, 2.75) is 45.5 Å². The van der Waals surface area contributed by atoms with Crippen LogP contribution in [0.4, 0.5) is 0 Å². The second-order valence-electron chi connectivity index (χ2n) is 6.61. The summed E-state index contributed by atoms with van der Waals surface area (Å²) in [5.41, 5.74) is 0.847. The molecule has 1 N–H and O–H groups in total. The van der Waals surface area contributed by atoms with Gasteiger partial charge in [-0.1, -0.05) is 20.8 Å². The fourth-order valence-corrected chi connectivity index (χ4v) is 3.89. The van der Waals surface area contributed by atoms with Gasteiger partial charge in [-0.15, -0.1) is 20.8 Å². The van der Waals surface area contributed by atoms with Crippen molar-refractivity contribution in [1.29, 1.82) is 0 Å². The summed E-state index contributed by atoms with van der Waals surface area (Å²) < 4.78 is 22.6. The second kappa shape index (κ2) is 6.33. The first-order chi connectivity index (χ1) is 10.1. The molecule has 120 valence electrons. The molecule has 1 aromatic heterocycles. The van der Waals surface area contributed by atoms with Crippen molar-refractivity contribution in [3.63, 3.8) is 0 Å². The van der Waals surface area contributed by atoms with Crippen LogP contribution in [-0.4, -0.2) is 18.2 Å². The van der Waals surface area contributed by atoms with Crippen LogP contribution in [0.2, 0.25) is 18.1 Å². The monoisotopic (exact) mass is 358 g/mol. The molecule has 0 aliphatic rings. The van der Waals surface area contributed by atoms with Gasteiger partial charge in [-0.25, -0.2) is 4.98 Å². The Morgan fingerprint density at radius 3 is 2.64 bits per heavy atom. The van der Waals surface area contributed by atoms with Gasteiger partial charge in [0.2, 0.25) is 8.32 Å². The molecule has 0 amide bonds. The number of hydrogen-bond donors (Lipinski definition) is 1. The van der Waals surface area contributed by atoms with Gasteiger partial charge in [0, 0.05) is 4.57 Å². The predicted octanol–water partition coefficient (Wildman–Crippen LogP) is 4.85. The third-order valence-electron chi connectivity index (χ3n) is 3.88. The van der Waals surface area contributed by atoms with E-state index < -0.39 is 16.6 Å². The largest absolute Gasteiger partial charge is 0.695 e. The van der Waals surface area contributed by atoms with E-state index in [0.29, 0.717) is 5.01 Å². The lowest BCUT2D eigenvalue weighted by atomic mass is 10.2. The molecule has 2 aromatic rings. The molecule has 0 saturated heterocycles. The smallest absolute Gasteiger partial charge is 0.543 e. The van der Waals surface area contributed by atoms with Crippen LogP contribution in [-0.2, 0) is 15.7 Å². The van der Waals surface area contributed by atoms with Crippen molar-refractivity contribution >= 4 is 38.1 Å². The van der Waals surface area contributed by atoms with Gasteiger partial charge in [0.1, 0.15) is 10.8 Å². The zero-order valence-corrected chi connectivity index (χ0v) is 16.1. The van der Waals surface area contributed by atoms with E-state index in [0.717, 1.165) is 16.0 Å². The molecule has 0 radical (unpaired) electrons. The first-order valence-electron chi connectivity index (χ1n) is 6.96. The molecule has 8 heteroatoms. The van der Waals surface area contributed by atoms with Crippen LogP contribution in [0.5, 0.6) is 5.75 Å². The Balaban J connectivity index is 2.22. The molecule has 0 aliphatic heterocycles. The third kappa shape index (κ3) is 4.11. The van der Waals surface area contributed by atoms with E-state index in [1.807, 2.05) is 18.2 Å². The molecule has 22 heavy (non-hydrogen) atoms. The second-order valence-corrected chi connectivity index (χ2v) is 13.2. The van der Waals surface area contributed by atoms with Crippen LogP contribution in [0, 0.1) is 0 Å². The van der Waals surface area contributed by atoms with Crippen LogP contribution in [0.1, 0.15) is 25.8 Å². The molecule has 1 heterocycles. The maximum atomic E-state index is 10.6. The number of hydrogen-bond acceptors (Lipinski definition) is 5. The average Bonchev–Trinajstić information content (AvgIpc) is 2.76. The van der Waals surface area contributed by atoms with Crippen LogP contribution < -0.4 is 4.43 Å². The van der Waals surface area contributed by atoms with Gasteiger partial charge in [0.25, 0.3) is 0 Å². The maximum Gasteiger partial charge on any atom is 0.695 e. The van der Waals surface area contributed by atoms with Gasteiger partial charge in [-0.3, -0.25) is 0 Å². The van der Waals surface area contributed by atoms with E-state index in [2.05, 4.69) is 38.8 Å². The molecule has 1 unspecified atom stereocenters. The number of benzene rings is 1. The summed E-state index contributed by atoms with van der Waals surface area (Å²) in [7, 11) is -4.46. The fourth-order valence-electron chi connectivity index (χ4n) is 1.64. The van der Waals surface area contributed by atoms with Gasteiger partial charge in [0.15, 0.2) is 6.61 Å².